The minimum absolute atomic E-state index is 0.355. The van der Waals surface area contributed by atoms with Crippen LogP contribution < -0.4 is 5.32 Å². The van der Waals surface area contributed by atoms with Crippen LogP contribution in [0.2, 0.25) is 0 Å². The molecule has 1 aliphatic carbocycles. The Bertz CT molecular complexity index is 1280. The lowest BCUT2D eigenvalue weighted by molar-refractivity contribution is 0.605. The van der Waals surface area contributed by atoms with Crippen molar-refractivity contribution < 1.29 is 8.42 Å². The van der Waals surface area contributed by atoms with Crippen LogP contribution in [0.1, 0.15) is 24.0 Å². The van der Waals surface area contributed by atoms with E-state index in [0.717, 1.165) is 46.3 Å². The third kappa shape index (κ3) is 2.68. The molecular formula is C21H15N3O2S. The van der Waals surface area contributed by atoms with Gasteiger partial charge < -0.3 is 5.32 Å². The Kier molecular flexibility index (Phi) is 3.36. The molecule has 5 rings (SSSR count). The van der Waals surface area contributed by atoms with Crippen molar-refractivity contribution in [2.45, 2.75) is 17.7 Å². The normalized spacial score (nSPS) is 17.2. The molecule has 2 aliphatic rings. The van der Waals surface area contributed by atoms with Gasteiger partial charge in [-0.05, 0) is 66.3 Å². The maximum Gasteiger partial charge on any atom is 0.200 e. The van der Waals surface area contributed by atoms with Crippen LogP contribution in [0, 0.1) is 17.2 Å². The number of anilines is 2. The van der Waals surface area contributed by atoms with Gasteiger partial charge in [-0.25, -0.2) is 8.42 Å². The minimum atomic E-state index is -3.41. The molecule has 0 radical (unpaired) electrons. The molecule has 2 aromatic carbocycles. The fourth-order valence-electron chi connectivity index (χ4n) is 3.57. The number of nitriles is 1. The predicted molar refractivity (Wildman–Crippen MR) is 104 cm³/mol. The first-order valence-electron chi connectivity index (χ1n) is 8.72. The average Bonchev–Trinajstić information content (AvgIpc) is 3.47. The van der Waals surface area contributed by atoms with Gasteiger partial charge in [0.25, 0.3) is 0 Å². The number of hydrogen-bond acceptors (Lipinski definition) is 5. The summed E-state index contributed by atoms with van der Waals surface area (Å²) in [5, 5.41) is 14.5. The van der Waals surface area contributed by atoms with Crippen LogP contribution in [0.25, 0.3) is 16.5 Å². The number of fused-ring (bicyclic) bond motifs is 2. The average molecular weight is 373 g/mol. The van der Waals surface area contributed by atoms with Gasteiger partial charge in [0.05, 0.1) is 22.0 Å². The van der Waals surface area contributed by atoms with E-state index in [1.165, 1.54) is 5.41 Å². The lowest BCUT2D eigenvalue weighted by Crippen LogP contribution is -1.97. The number of nitrogens with one attached hydrogen (secondary N) is 1. The van der Waals surface area contributed by atoms with Crippen LogP contribution in [0.5, 0.6) is 0 Å². The van der Waals surface area contributed by atoms with E-state index in [4.69, 9.17) is 5.26 Å². The molecule has 0 spiro atoms. The molecule has 0 atom stereocenters. The highest BCUT2D eigenvalue weighted by Gasteiger charge is 2.36. The number of hydrogen-bond donors (Lipinski definition) is 1. The van der Waals surface area contributed by atoms with Crippen molar-refractivity contribution in [2.75, 3.05) is 5.32 Å². The summed E-state index contributed by atoms with van der Waals surface area (Å²) in [6.07, 6.45) is 3.79. The zero-order valence-corrected chi connectivity index (χ0v) is 15.1. The van der Waals surface area contributed by atoms with E-state index in [2.05, 4.69) is 16.4 Å². The van der Waals surface area contributed by atoms with Crippen LogP contribution in [-0.2, 0) is 9.84 Å². The third-order valence-corrected chi connectivity index (χ3v) is 6.55. The van der Waals surface area contributed by atoms with Crippen molar-refractivity contribution in [2.24, 2.45) is 5.92 Å². The first-order chi connectivity index (χ1) is 13.0. The van der Waals surface area contributed by atoms with Crippen molar-refractivity contribution in [1.82, 2.24) is 4.98 Å². The largest absolute Gasteiger partial charge is 0.355 e. The number of nitrogens with zero attached hydrogens (tertiary/aromatic N) is 2. The fourth-order valence-corrected chi connectivity index (χ4v) is 5.12. The summed E-state index contributed by atoms with van der Waals surface area (Å²) < 4.78 is 25.3. The van der Waals surface area contributed by atoms with E-state index in [9.17, 15) is 8.42 Å². The Labute approximate surface area is 156 Å². The molecule has 5 nitrogen and oxygen atoms in total. The molecule has 1 fully saturated rings. The molecule has 6 heteroatoms. The van der Waals surface area contributed by atoms with Gasteiger partial charge in [0.1, 0.15) is 0 Å². The van der Waals surface area contributed by atoms with E-state index in [0.29, 0.717) is 16.4 Å². The van der Waals surface area contributed by atoms with Crippen LogP contribution >= 0.6 is 0 Å². The van der Waals surface area contributed by atoms with Crippen LogP contribution in [-0.4, -0.2) is 13.4 Å². The van der Waals surface area contributed by atoms with Crippen LogP contribution in [0.15, 0.2) is 59.0 Å². The highest BCUT2D eigenvalue weighted by atomic mass is 32.2. The van der Waals surface area contributed by atoms with E-state index in [1.54, 1.807) is 30.5 Å². The minimum Gasteiger partial charge on any atom is -0.355 e. The summed E-state index contributed by atoms with van der Waals surface area (Å²) >= 11 is 0. The van der Waals surface area contributed by atoms with E-state index >= 15 is 0 Å². The van der Waals surface area contributed by atoms with Crippen molar-refractivity contribution in [3.05, 3.63) is 65.2 Å². The second kappa shape index (κ2) is 5.66. The van der Waals surface area contributed by atoms with Crippen molar-refractivity contribution in [3.8, 4) is 6.07 Å². The molecule has 0 bridgehead atoms. The molecule has 1 aliphatic heterocycles. The van der Waals surface area contributed by atoms with Gasteiger partial charge in [-0.2, -0.15) is 5.26 Å². The van der Waals surface area contributed by atoms with E-state index in [-0.39, 0.29) is 0 Å². The summed E-state index contributed by atoms with van der Waals surface area (Å²) in [7, 11) is -3.41. The highest BCUT2D eigenvalue weighted by molar-refractivity contribution is 7.95. The van der Waals surface area contributed by atoms with Crippen LogP contribution in [0.3, 0.4) is 0 Å². The summed E-state index contributed by atoms with van der Waals surface area (Å²) in [5.74, 6) is 0.355. The Morgan fingerprint density at radius 2 is 2.00 bits per heavy atom. The number of rotatable bonds is 3. The molecule has 1 aromatic heterocycles. The first-order valence-corrected chi connectivity index (χ1v) is 10.3. The SMILES string of the molecule is N#Cc1cccc(Nc2ccnc3cc4c(cc23)S(=O)(=O)C=C4C2CC2)c1. The molecule has 27 heavy (non-hydrogen) atoms. The van der Waals surface area contributed by atoms with Crippen molar-refractivity contribution in [3.63, 3.8) is 0 Å². The molecule has 1 saturated carbocycles. The van der Waals surface area contributed by atoms with Gasteiger partial charge in [0, 0.05) is 28.4 Å². The molecular weight excluding hydrogens is 358 g/mol. The van der Waals surface area contributed by atoms with Gasteiger partial charge in [0.15, 0.2) is 0 Å². The summed E-state index contributed by atoms with van der Waals surface area (Å²) in [6.45, 7) is 0. The second-order valence-corrected chi connectivity index (χ2v) is 8.70. The molecule has 0 amide bonds. The number of allylic oxidation sites excluding steroid dienone is 1. The van der Waals surface area contributed by atoms with Gasteiger partial charge in [0.2, 0.25) is 9.84 Å². The van der Waals surface area contributed by atoms with Gasteiger partial charge in [-0.3, -0.25) is 4.98 Å². The van der Waals surface area contributed by atoms with Crippen LogP contribution in [0.4, 0.5) is 11.4 Å². The zero-order chi connectivity index (χ0) is 18.6. The summed E-state index contributed by atoms with van der Waals surface area (Å²) in [5.41, 5.74) is 4.54. The second-order valence-electron chi connectivity index (χ2n) is 6.93. The Hall–Kier alpha value is -3.17. The molecule has 132 valence electrons. The van der Waals surface area contributed by atoms with Crippen molar-refractivity contribution in [1.29, 1.82) is 5.26 Å². The number of pyridine rings is 1. The number of aromatic nitrogens is 1. The highest BCUT2D eigenvalue weighted by Crippen LogP contribution is 2.49. The Morgan fingerprint density at radius 1 is 1.15 bits per heavy atom. The smallest absolute Gasteiger partial charge is 0.200 e. The molecule has 0 saturated heterocycles. The first kappa shape index (κ1) is 16.0. The number of benzene rings is 2. The van der Waals surface area contributed by atoms with E-state index in [1.807, 2.05) is 18.2 Å². The maximum atomic E-state index is 12.6. The Morgan fingerprint density at radius 3 is 2.78 bits per heavy atom. The maximum absolute atomic E-state index is 12.6. The zero-order valence-electron chi connectivity index (χ0n) is 14.3. The molecule has 2 heterocycles. The molecule has 0 unspecified atom stereocenters. The lowest BCUT2D eigenvalue weighted by Gasteiger charge is -2.12. The molecule has 1 N–H and O–H groups in total. The number of sulfone groups is 1. The Balaban J connectivity index is 1.65. The van der Waals surface area contributed by atoms with E-state index < -0.39 is 9.84 Å². The summed E-state index contributed by atoms with van der Waals surface area (Å²) in [4.78, 5) is 4.80. The molecule has 3 aromatic rings. The predicted octanol–water partition coefficient (Wildman–Crippen LogP) is 4.39. The topological polar surface area (TPSA) is 82.8 Å². The van der Waals surface area contributed by atoms with Crippen molar-refractivity contribution >= 4 is 37.7 Å². The summed E-state index contributed by atoms with van der Waals surface area (Å²) in [6, 6.07) is 14.7. The lowest BCUT2D eigenvalue weighted by atomic mass is 10.0. The van der Waals surface area contributed by atoms with Gasteiger partial charge in [-0.15, -0.1) is 0 Å². The monoisotopic (exact) mass is 373 g/mol. The standard InChI is InChI=1S/C21H15N3O2S/c22-11-13-2-1-3-15(8-13)24-19-6-7-23-20-9-16-18(14-4-5-14)12-27(25,26)21(16)10-17(19)20/h1-3,6-10,12,14H,4-5H2,(H,23,24). The van der Waals surface area contributed by atoms with Gasteiger partial charge in [-0.1, -0.05) is 6.07 Å². The quantitative estimate of drug-likeness (QED) is 0.736. The van der Waals surface area contributed by atoms with Gasteiger partial charge >= 0.3 is 0 Å². The fraction of sp³-hybridized carbons (Fsp3) is 0.143. The third-order valence-electron chi connectivity index (χ3n) is 5.03.